The number of rotatable bonds is 4. The Bertz CT molecular complexity index is 739. The SMILES string of the molecule is COCCn1c(C2CCCS(=O)(=O)C2)nc2cccnc21. The lowest BCUT2D eigenvalue weighted by molar-refractivity contribution is 0.187. The Morgan fingerprint density at radius 2 is 2.33 bits per heavy atom. The summed E-state index contributed by atoms with van der Waals surface area (Å²) < 4.78 is 31.0. The highest BCUT2D eigenvalue weighted by molar-refractivity contribution is 7.91. The summed E-state index contributed by atoms with van der Waals surface area (Å²) in [5.41, 5.74) is 1.61. The number of sulfone groups is 1. The molecule has 1 saturated heterocycles. The van der Waals surface area contributed by atoms with Gasteiger partial charge in [-0.1, -0.05) is 0 Å². The van der Waals surface area contributed by atoms with Crippen molar-refractivity contribution >= 4 is 21.0 Å². The van der Waals surface area contributed by atoms with Crippen molar-refractivity contribution < 1.29 is 13.2 Å². The average molecular weight is 309 g/mol. The van der Waals surface area contributed by atoms with E-state index in [4.69, 9.17) is 4.74 Å². The van der Waals surface area contributed by atoms with E-state index in [1.807, 2.05) is 16.7 Å². The van der Waals surface area contributed by atoms with Gasteiger partial charge in [-0.05, 0) is 25.0 Å². The number of imidazole rings is 1. The predicted molar refractivity (Wildman–Crippen MR) is 80.0 cm³/mol. The zero-order valence-corrected chi connectivity index (χ0v) is 12.8. The first-order chi connectivity index (χ1) is 10.1. The minimum atomic E-state index is -2.96. The largest absolute Gasteiger partial charge is 0.383 e. The van der Waals surface area contributed by atoms with Gasteiger partial charge in [0.05, 0.1) is 18.1 Å². The molecule has 114 valence electrons. The number of aromatic nitrogens is 3. The summed E-state index contributed by atoms with van der Waals surface area (Å²) in [5, 5.41) is 0. The van der Waals surface area contributed by atoms with Crippen LogP contribution >= 0.6 is 0 Å². The Morgan fingerprint density at radius 1 is 1.48 bits per heavy atom. The Hall–Kier alpha value is -1.47. The Morgan fingerprint density at radius 3 is 3.10 bits per heavy atom. The number of hydrogen-bond donors (Lipinski definition) is 0. The fraction of sp³-hybridized carbons (Fsp3) is 0.571. The summed E-state index contributed by atoms with van der Waals surface area (Å²) in [6, 6.07) is 3.75. The fourth-order valence-electron chi connectivity index (χ4n) is 2.92. The molecule has 2 aromatic rings. The summed E-state index contributed by atoms with van der Waals surface area (Å²) in [6.45, 7) is 1.18. The van der Waals surface area contributed by atoms with Crippen molar-refractivity contribution in [3.8, 4) is 0 Å². The molecule has 0 N–H and O–H groups in total. The first kappa shape index (κ1) is 14.5. The normalized spacial score (nSPS) is 21.7. The zero-order valence-electron chi connectivity index (χ0n) is 12.0. The van der Waals surface area contributed by atoms with Crippen LogP contribution < -0.4 is 0 Å². The summed E-state index contributed by atoms with van der Waals surface area (Å²) in [5.74, 6) is 1.25. The lowest BCUT2D eigenvalue weighted by atomic mass is 10.0. The third-order valence-electron chi connectivity index (χ3n) is 3.88. The van der Waals surface area contributed by atoms with E-state index < -0.39 is 9.84 Å². The standard InChI is InChI=1S/C14H19N3O3S/c1-20-8-7-17-13(11-4-3-9-21(18,19)10-11)16-12-5-2-6-15-14(12)17/h2,5-6,11H,3-4,7-10H2,1H3. The molecular formula is C14H19N3O3S. The molecule has 0 radical (unpaired) electrons. The van der Waals surface area contributed by atoms with E-state index in [1.165, 1.54) is 0 Å². The monoisotopic (exact) mass is 309 g/mol. The lowest BCUT2D eigenvalue weighted by Gasteiger charge is -2.22. The molecule has 3 rings (SSSR count). The van der Waals surface area contributed by atoms with Gasteiger partial charge in [0.1, 0.15) is 11.3 Å². The molecule has 1 atom stereocenters. The molecule has 7 heteroatoms. The molecule has 0 aromatic carbocycles. The molecule has 0 spiro atoms. The maximum absolute atomic E-state index is 11.9. The second-order valence-corrected chi connectivity index (χ2v) is 7.64. The number of ether oxygens (including phenoxy) is 1. The van der Waals surface area contributed by atoms with Crippen molar-refractivity contribution in [1.29, 1.82) is 0 Å². The van der Waals surface area contributed by atoms with Crippen LogP contribution in [-0.2, 0) is 21.1 Å². The molecule has 2 aromatic heterocycles. The molecule has 6 nitrogen and oxygen atoms in total. The van der Waals surface area contributed by atoms with Gasteiger partial charge in [-0.25, -0.2) is 18.4 Å². The Balaban J connectivity index is 2.04. The van der Waals surface area contributed by atoms with Crippen LogP contribution in [0.3, 0.4) is 0 Å². The molecule has 3 heterocycles. The Kier molecular flexibility index (Phi) is 3.95. The number of hydrogen-bond acceptors (Lipinski definition) is 5. The predicted octanol–water partition coefficient (Wildman–Crippen LogP) is 1.37. The average Bonchev–Trinajstić information content (AvgIpc) is 2.83. The number of fused-ring (bicyclic) bond motifs is 1. The molecule has 0 aliphatic carbocycles. The van der Waals surface area contributed by atoms with Crippen LogP contribution in [0, 0.1) is 0 Å². The van der Waals surface area contributed by atoms with Gasteiger partial charge in [-0.3, -0.25) is 0 Å². The minimum Gasteiger partial charge on any atom is -0.383 e. The van der Waals surface area contributed by atoms with E-state index in [9.17, 15) is 8.42 Å². The fourth-order valence-corrected chi connectivity index (χ4v) is 4.62. The molecule has 1 aliphatic heterocycles. The number of methoxy groups -OCH3 is 1. The molecule has 1 fully saturated rings. The van der Waals surface area contributed by atoms with Gasteiger partial charge in [0.2, 0.25) is 0 Å². The number of nitrogens with zero attached hydrogens (tertiary/aromatic N) is 3. The zero-order chi connectivity index (χ0) is 14.9. The van der Waals surface area contributed by atoms with Crippen molar-refractivity contribution in [2.75, 3.05) is 25.2 Å². The highest BCUT2D eigenvalue weighted by Crippen LogP contribution is 2.29. The molecule has 0 amide bonds. The lowest BCUT2D eigenvalue weighted by Crippen LogP contribution is -2.26. The van der Waals surface area contributed by atoms with Crippen molar-refractivity contribution in [2.45, 2.75) is 25.3 Å². The van der Waals surface area contributed by atoms with Gasteiger partial charge in [-0.2, -0.15) is 0 Å². The van der Waals surface area contributed by atoms with Crippen LogP contribution in [0.25, 0.3) is 11.2 Å². The van der Waals surface area contributed by atoms with Crippen molar-refractivity contribution in [1.82, 2.24) is 14.5 Å². The molecule has 21 heavy (non-hydrogen) atoms. The van der Waals surface area contributed by atoms with Crippen molar-refractivity contribution in [2.24, 2.45) is 0 Å². The van der Waals surface area contributed by atoms with E-state index in [1.54, 1.807) is 13.3 Å². The van der Waals surface area contributed by atoms with Crippen molar-refractivity contribution in [3.05, 3.63) is 24.2 Å². The summed E-state index contributed by atoms with van der Waals surface area (Å²) in [6.07, 6.45) is 3.29. The quantitative estimate of drug-likeness (QED) is 0.853. The van der Waals surface area contributed by atoms with Crippen LogP contribution in [0.1, 0.15) is 24.6 Å². The van der Waals surface area contributed by atoms with Gasteiger partial charge >= 0.3 is 0 Å². The summed E-state index contributed by atoms with van der Waals surface area (Å²) >= 11 is 0. The van der Waals surface area contributed by atoms with E-state index in [0.29, 0.717) is 25.3 Å². The first-order valence-electron chi connectivity index (χ1n) is 7.11. The van der Waals surface area contributed by atoms with Gasteiger partial charge in [0, 0.05) is 25.8 Å². The van der Waals surface area contributed by atoms with E-state index >= 15 is 0 Å². The molecule has 1 aliphatic rings. The smallest absolute Gasteiger partial charge is 0.160 e. The van der Waals surface area contributed by atoms with E-state index in [0.717, 1.165) is 23.4 Å². The van der Waals surface area contributed by atoms with Crippen LogP contribution in [0.5, 0.6) is 0 Å². The maximum Gasteiger partial charge on any atom is 0.160 e. The van der Waals surface area contributed by atoms with Crippen LogP contribution in [0.15, 0.2) is 18.3 Å². The second kappa shape index (κ2) is 5.73. The Labute approximate surface area is 124 Å². The van der Waals surface area contributed by atoms with Crippen LogP contribution in [-0.4, -0.2) is 48.2 Å². The van der Waals surface area contributed by atoms with Gasteiger partial charge < -0.3 is 9.30 Å². The van der Waals surface area contributed by atoms with Gasteiger partial charge in [0.25, 0.3) is 0 Å². The summed E-state index contributed by atoms with van der Waals surface area (Å²) in [4.78, 5) is 9.02. The highest BCUT2D eigenvalue weighted by Gasteiger charge is 2.30. The summed E-state index contributed by atoms with van der Waals surface area (Å²) in [7, 11) is -1.31. The van der Waals surface area contributed by atoms with Crippen molar-refractivity contribution in [3.63, 3.8) is 0 Å². The number of pyridine rings is 1. The van der Waals surface area contributed by atoms with Gasteiger partial charge in [0.15, 0.2) is 15.5 Å². The second-order valence-electron chi connectivity index (χ2n) is 5.41. The maximum atomic E-state index is 11.9. The van der Waals surface area contributed by atoms with Crippen LogP contribution in [0.4, 0.5) is 0 Å². The molecule has 0 saturated carbocycles. The third-order valence-corrected chi connectivity index (χ3v) is 5.70. The molecule has 1 unspecified atom stereocenters. The topological polar surface area (TPSA) is 74.1 Å². The molecular weight excluding hydrogens is 290 g/mol. The van der Waals surface area contributed by atoms with Gasteiger partial charge in [-0.15, -0.1) is 0 Å². The third kappa shape index (κ3) is 2.94. The van der Waals surface area contributed by atoms with E-state index in [-0.39, 0.29) is 11.7 Å². The molecule has 0 bridgehead atoms. The minimum absolute atomic E-state index is 0.0465. The van der Waals surface area contributed by atoms with Crippen LogP contribution in [0.2, 0.25) is 0 Å². The first-order valence-corrected chi connectivity index (χ1v) is 8.93. The highest BCUT2D eigenvalue weighted by atomic mass is 32.2. The van der Waals surface area contributed by atoms with E-state index in [2.05, 4.69) is 9.97 Å².